The number of hydrogen-bond acceptors (Lipinski definition) is 3. The van der Waals surface area contributed by atoms with Gasteiger partial charge in [0.05, 0.1) is 17.9 Å². The van der Waals surface area contributed by atoms with Crippen LogP contribution in [0, 0.1) is 16.7 Å². The van der Waals surface area contributed by atoms with E-state index in [-0.39, 0.29) is 24.8 Å². The molecule has 1 atom stereocenters. The maximum Gasteiger partial charge on any atom is 0.310 e. The van der Waals surface area contributed by atoms with Crippen molar-refractivity contribution < 1.29 is 14.7 Å². The molecule has 5 heteroatoms. The molecule has 1 saturated carbocycles. The van der Waals surface area contributed by atoms with Crippen LogP contribution in [-0.2, 0) is 9.59 Å². The maximum absolute atomic E-state index is 12.3. The first-order chi connectivity index (χ1) is 9.43. The van der Waals surface area contributed by atoms with Gasteiger partial charge in [-0.3, -0.25) is 9.59 Å². The van der Waals surface area contributed by atoms with Gasteiger partial charge < -0.3 is 10.0 Å². The largest absolute Gasteiger partial charge is 0.481 e. The minimum atomic E-state index is -0.909. The van der Waals surface area contributed by atoms with Gasteiger partial charge in [0.15, 0.2) is 0 Å². The Balaban J connectivity index is 2.77. The first-order valence-electron chi connectivity index (χ1n) is 7.29. The van der Waals surface area contributed by atoms with Crippen molar-refractivity contribution in [3.05, 3.63) is 0 Å². The van der Waals surface area contributed by atoms with Crippen LogP contribution in [0.15, 0.2) is 0 Å². The quantitative estimate of drug-likeness (QED) is 0.785. The predicted molar refractivity (Wildman–Crippen MR) is 74.8 cm³/mol. The third kappa shape index (κ3) is 3.96. The summed E-state index contributed by atoms with van der Waals surface area (Å²) in [5.41, 5.74) is -0.909. The molecule has 0 bridgehead atoms. The van der Waals surface area contributed by atoms with Gasteiger partial charge in [-0.25, -0.2) is 0 Å². The van der Waals surface area contributed by atoms with E-state index in [1.165, 1.54) is 4.90 Å². The average Bonchev–Trinajstić information content (AvgIpc) is 2.64. The van der Waals surface area contributed by atoms with Crippen LogP contribution in [0.4, 0.5) is 0 Å². The Hall–Kier alpha value is -1.57. The summed E-state index contributed by atoms with van der Waals surface area (Å²) in [6.07, 6.45) is 5.31. The number of carbonyl (C=O) groups is 2. The Morgan fingerprint density at radius 3 is 2.30 bits per heavy atom. The van der Waals surface area contributed by atoms with Crippen LogP contribution in [0.25, 0.3) is 0 Å². The number of nitrogens with zero attached hydrogens (tertiary/aromatic N) is 2. The number of aliphatic carboxylic acids is 1. The minimum Gasteiger partial charge on any atom is -0.481 e. The first-order valence-corrected chi connectivity index (χ1v) is 7.29. The lowest BCUT2D eigenvalue weighted by molar-refractivity contribution is -0.154. The van der Waals surface area contributed by atoms with E-state index in [1.807, 2.05) is 13.0 Å². The molecule has 0 aromatic heterocycles. The lowest BCUT2D eigenvalue weighted by atomic mass is 9.77. The monoisotopic (exact) mass is 280 g/mol. The summed E-state index contributed by atoms with van der Waals surface area (Å²) >= 11 is 0. The molecule has 1 rings (SSSR count). The summed E-state index contributed by atoms with van der Waals surface area (Å²) in [4.78, 5) is 25.5. The molecule has 1 fully saturated rings. The molecular weight excluding hydrogens is 256 g/mol. The van der Waals surface area contributed by atoms with Crippen molar-refractivity contribution in [1.82, 2.24) is 4.90 Å². The van der Waals surface area contributed by atoms with Gasteiger partial charge in [-0.05, 0) is 19.8 Å². The minimum absolute atomic E-state index is 0.0502. The lowest BCUT2D eigenvalue weighted by Crippen LogP contribution is -2.41. The zero-order chi connectivity index (χ0) is 15.2. The van der Waals surface area contributed by atoms with E-state index < -0.39 is 11.4 Å². The highest BCUT2D eigenvalue weighted by atomic mass is 16.4. The molecule has 5 nitrogen and oxygen atoms in total. The van der Waals surface area contributed by atoms with Crippen molar-refractivity contribution in [2.45, 2.75) is 64.3 Å². The Morgan fingerprint density at radius 1 is 1.30 bits per heavy atom. The van der Waals surface area contributed by atoms with Crippen LogP contribution in [0.5, 0.6) is 0 Å². The van der Waals surface area contributed by atoms with Crippen molar-refractivity contribution in [1.29, 1.82) is 5.26 Å². The Kier molecular flexibility index (Phi) is 6.00. The van der Waals surface area contributed by atoms with E-state index in [4.69, 9.17) is 5.26 Å². The molecule has 0 saturated heterocycles. The van der Waals surface area contributed by atoms with E-state index >= 15 is 0 Å². The molecule has 1 N–H and O–H groups in total. The van der Waals surface area contributed by atoms with Crippen LogP contribution in [0.1, 0.15) is 58.3 Å². The predicted octanol–water partition coefficient (Wildman–Crippen LogP) is 2.56. The van der Waals surface area contributed by atoms with Crippen LogP contribution in [0.3, 0.4) is 0 Å². The first kappa shape index (κ1) is 16.5. The van der Waals surface area contributed by atoms with Gasteiger partial charge in [0, 0.05) is 19.5 Å². The van der Waals surface area contributed by atoms with Gasteiger partial charge in [0.2, 0.25) is 5.91 Å². The summed E-state index contributed by atoms with van der Waals surface area (Å²) < 4.78 is 0. The summed E-state index contributed by atoms with van der Waals surface area (Å²) in [7, 11) is 1.65. The molecule has 112 valence electrons. The van der Waals surface area contributed by atoms with Gasteiger partial charge in [-0.15, -0.1) is 0 Å². The normalized spacial score (nSPS) is 19.4. The molecule has 20 heavy (non-hydrogen) atoms. The molecule has 1 aliphatic carbocycles. The highest BCUT2D eigenvalue weighted by Gasteiger charge is 2.41. The number of rotatable bonds is 5. The summed E-state index contributed by atoms with van der Waals surface area (Å²) in [6.45, 7) is 1.81. The van der Waals surface area contributed by atoms with Crippen molar-refractivity contribution in [2.75, 3.05) is 7.05 Å². The fraction of sp³-hybridized carbons (Fsp3) is 0.800. The van der Waals surface area contributed by atoms with E-state index in [9.17, 15) is 14.7 Å². The molecule has 0 aromatic carbocycles. The van der Waals surface area contributed by atoms with Gasteiger partial charge in [0.1, 0.15) is 0 Å². The van der Waals surface area contributed by atoms with E-state index in [1.54, 1.807) is 7.05 Å². The Morgan fingerprint density at radius 2 is 1.85 bits per heavy atom. The summed E-state index contributed by atoms with van der Waals surface area (Å²) in [6, 6.07) is 1.86. The summed E-state index contributed by atoms with van der Waals surface area (Å²) in [5, 5.41) is 18.2. The molecule has 0 spiro atoms. The molecule has 1 amide bonds. The maximum atomic E-state index is 12.3. The van der Waals surface area contributed by atoms with Crippen molar-refractivity contribution in [3.8, 4) is 6.07 Å². The van der Waals surface area contributed by atoms with Gasteiger partial charge in [-0.2, -0.15) is 5.26 Å². The van der Waals surface area contributed by atoms with Crippen LogP contribution in [-0.4, -0.2) is 35.0 Å². The SMILES string of the molecule is CC(CC#N)N(C)C(=O)CC1(C(=O)O)CCCCCC1. The smallest absolute Gasteiger partial charge is 0.310 e. The van der Waals surface area contributed by atoms with Crippen LogP contribution in [0.2, 0.25) is 0 Å². The molecule has 1 aliphatic rings. The second kappa shape index (κ2) is 7.28. The summed E-state index contributed by atoms with van der Waals surface area (Å²) in [5.74, 6) is -1.02. The zero-order valence-electron chi connectivity index (χ0n) is 12.4. The number of amides is 1. The number of hydrogen-bond donors (Lipinski definition) is 1. The highest BCUT2D eigenvalue weighted by molar-refractivity contribution is 5.85. The third-order valence-electron chi connectivity index (χ3n) is 4.45. The number of carbonyl (C=O) groups excluding carboxylic acids is 1. The van der Waals surface area contributed by atoms with E-state index in [0.29, 0.717) is 12.8 Å². The fourth-order valence-electron chi connectivity index (χ4n) is 2.80. The van der Waals surface area contributed by atoms with E-state index in [0.717, 1.165) is 25.7 Å². The molecular formula is C15H24N2O3. The lowest BCUT2D eigenvalue weighted by Gasteiger charge is -2.31. The van der Waals surface area contributed by atoms with Crippen molar-refractivity contribution >= 4 is 11.9 Å². The standard InChI is InChI=1S/C15H24N2O3/c1-12(7-10-16)17(2)13(18)11-15(14(19)20)8-5-3-4-6-9-15/h12H,3-9,11H2,1-2H3,(H,19,20). The second-order valence-corrected chi connectivity index (χ2v) is 5.89. The molecule has 0 radical (unpaired) electrons. The number of nitriles is 1. The van der Waals surface area contributed by atoms with E-state index in [2.05, 4.69) is 0 Å². The van der Waals surface area contributed by atoms with Crippen LogP contribution >= 0.6 is 0 Å². The molecule has 0 heterocycles. The zero-order valence-corrected chi connectivity index (χ0v) is 12.4. The highest BCUT2D eigenvalue weighted by Crippen LogP contribution is 2.39. The number of carboxylic acid groups (broad SMARTS) is 1. The number of carboxylic acids is 1. The van der Waals surface area contributed by atoms with Crippen molar-refractivity contribution in [3.63, 3.8) is 0 Å². The van der Waals surface area contributed by atoms with Crippen molar-refractivity contribution in [2.24, 2.45) is 5.41 Å². The molecule has 1 unspecified atom stereocenters. The topological polar surface area (TPSA) is 81.4 Å². The van der Waals surface area contributed by atoms with Gasteiger partial charge in [0.25, 0.3) is 0 Å². The fourth-order valence-corrected chi connectivity index (χ4v) is 2.80. The molecule has 0 aromatic rings. The average molecular weight is 280 g/mol. The second-order valence-electron chi connectivity index (χ2n) is 5.89. The Labute approximate surface area is 120 Å². The van der Waals surface area contributed by atoms with Gasteiger partial charge >= 0.3 is 5.97 Å². The van der Waals surface area contributed by atoms with Gasteiger partial charge in [-0.1, -0.05) is 25.7 Å². The van der Waals surface area contributed by atoms with Crippen LogP contribution < -0.4 is 0 Å². The molecule has 0 aliphatic heterocycles. The third-order valence-corrected chi connectivity index (χ3v) is 4.45. The Bertz CT molecular complexity index is 392.